The number of carbonyl (C=O) groups excluding carboxylic acids is 1. The van der Waals surface area contributed by atoms with E-state index in [1.165, 1.54) is 6.07 Å². The topological polar surface area (TPSA) is 46.5 Å². The summed E-state index contributed by atoms with van der Waals surface area (Å²) in [6, 6.07) is 2.43. The van der Waals surface area contributed by atoms with Crippen LogP contribution in [0.2, 0.25) is 0 Å². The largest absolute Gasteiger partial charge is 0.492 e. The lowest BCUT2D eigenvalue weighted by atomic mass is 9.74. The molecular formula is C9H6BF3O3. The van der Waals surface area contributed by atoms with Crippen LogP contribution in [0.4, 0.5) is 13.2 Å². The Morgan fingerprint density at radius 3 is 2.69 bits per heavy atom. The molecule has 1 aliphatic heterocycles. The summed E-state index contributed by atoms with van der Waals surface area (Å²) in [5.74, 6) is 0. The number of benzene rings is 1. The van der Waals surface area contributed by atoms with Gasteiger partial charge in [-0.3, -0.25) is 4.79 Å². The highest BCUT2D eigenvalue weighted by Gasteiger charge is 2.43. The molecule has 0 saturated heterocycles. The van der Waals surface area contributed by atoms with Crippen molar-refractivity contribution in [1.82, 2.24) is 0 Å². The zero-order chi connectivity index (χ0) is 11.9. The summed E-state index contributed by atoms with van der Waals surface area (Å²) in [6.07, 6.45) is -4.57. The number of hydrogen-bond acceptors (Lipinski definition) is 3. The minimum Gasteiger partial charge on any atom is -0.423 e. The van der Waals surface area contributed by atoms with Crippen LogP contribution in [-0.2, 0) is 17.4 Å². The van der Waals surface area contributed by atoms with Gasteiger partial charge in [0.1, 0.15) is 0 Å². The van der Waals surface area contributed by atoms with Crippen LogP contribution in [0.1, 0.15) is 21.5 Å². The minimum atomic E-state index is -4.68. The van der Waals surface area contributed by atoms with Gasteiger partial charge in [-0.25, -0.2) is 0 Å². The summed E-state index contributed by atoms with van der Waals surface area (Å²) < 4.78 is 42.9. The van der Waals surface area contributed by atoms with Crippen molar-refractivity contribution in [3.8, 4) is 0 Å². The predicted molar refractivity (Wildman–Crippen MR) is 49.2 cm³/mol. The first-order valence-corrected chi connectivity index (χ1v) is 4.43. The standard InChI is InChI=1S/C9H6BF3O3/c11-9(12,13)7-5(3-14)1-2-6-4-16-10(15)8(6)7/h1-3,15H,4H2. The lowest BCUT2D eigenvalue weighted by Gasteiger charge is -2.14. The number of carbonyl (C=O) groups is 1. The maximum absolute atomic E-state index is 12.7. The zero-order valence-electron chi connectivity index (χ0n) is 7.91. The maximum Gasteiger partial charge on any atom is 0.492 e. The average molecular weight is 230 g/mol. The van der Waals surface area contributed by atoms with Crippen LogP contribution in [0, 0.1) is 0 Å². The van der Waals surface area contributed by atoms with Gasteiger partial charge in [0, 0.05) is 11.0 Å². The van der Waals surface area contributed by atoms with E-state index in [-0.39, 0.29) is 23.9 Å². The second-order valence-corrected chi connectivity index (χ2v) is 3.38. The van der Waals surface area contributed by atoms with Crippen molar-refractivity contribution in [2.45, 2.75) is 12.8 Å². The fourth-order valence-electron chi connectivity index (χ4n) is 1.75. The van der Waals surface area contributed by atoms with Crippen molar-refractivity contribution in [3.63, 3.8) is 0 Å². The van der Waals surface area contributed by atoms with Gasteiger partial charge in [-0.2, -0.15) is 13.2 Å². The third kappa shape index (κ3) is 1.62. The van der Waals surface area contributed by atoms with Gasteiger partial charge in [0.05, 0.1) is 12.2 Å². The Morgan fingerprint density at radius 2 is 2.12 bits per heavy atom. The number of hydrogen-bond donors (Lipinski definition) is 1. The van der Waals surface area contributed by atoms with E-state index < -0.39 is 24.4 Å². The molecule has 0 bridgehead atoms. The average Bonchev–Trinajstić information content (AvgIpc) is 2.58. The predicted octanol–water partition coefficient (Wildman–Crippen LogP) is 0.736. The highest BCUT2D eigenvalue weighted by molar-refractivity contribution is 6.62. The summed E-state index contributed by atoms with van der Waals surface area (Å²) in [5, 5.41) is 9.31. The van der Waals surface area contributed by atoms with Gasteiger partial charge in [-0.1, -0.05) is 12.1 Å². The molecule has 0 aliphatic carbocycles. The molecule has 84 valence electrons. The van der Waals surface area contributed by atoms with Crippen molar-refractivity contribution in [2.24, 2.45) is 0 Å². The van der Waals surface area contributed by atoms with E-state index in [4.69, 9.17) is 4.65 Å². The van der Waals surface area contributed by atoms with Crippen LogP contribution in [0.15, 0.2) is 12.1 Å². The Bertz CT molecular complexity index is 444. The number of fused-ring (bicyclic) bond motifs is 1. The van der Waals surface area contributed by atoms with Crippen LogP contribution in [-0.4, -0.2) is 18.4 Å². The van der Waals surface area contributed by atoms with Crippen molar-refractivity contribution >= 4 is 18.9 Å². The zero-order valence-corrected chi connectivity index (χ0v) is 7.91. The molecule has 0 saturated carbocycles. The van der Waals surface area contributed by atoms with Gasteiger partial charge < -0.3 is 9.68 Å². The van der Waals surface area contributed by atoms with Crippen LogP contribution in [0.3, 0.4) is 0 Å². The van der Waals surface area contributed by atoms with Crippen molar-refractivity contribution in [2.75, 3.05) is 0 Å². The monoisotopic (exact) mass is 230 g/mol. The summed E-state index contributed by atoms with van der Waals surface area (Å²) in [5.41, 5.74) is -1.69. The van der Waals surface area contributed by atoms with E-state index in [0.717, 1.165) is 6.07 Å². The van der Waals surface area contributed by atoms with Gasteiger partial charge in [0.15, 0.2) is 6.29 Å². The molecule has 0 radical (unpaired) electrons. The van der Waals surface area contributed by atoms with Crippen LogP contribution in [0.5, 0.6) is 0 Å². The first-order chi connectivity index (χ1) is 7.45. The van der Waals surface area contributed by atoms with Gasteiger partial charge in [0.25, 0.3) is 0 Å². The van der Waals surface area contributed by atoms with E-state index in [0.29, 0.717) is 0 Å². The first-order valence-electron chi connectivity index (χ1n) is 4.43. The smallest absolute Gasteiger partial charge is 0.423 e. The molecule has 1 aromatic rings. The first kappa shape index (κ1) is 11.2. The molecule has 0 amide bonds. The Morgan fingerprint density at radius 1 is 1.44 bits per heavy atom. The highest BCUT2D eigenvalue weighted by atomic mass is 19.4. The van der Waals surface area contributed by atoms with Gasteiger partial charge in [0.2, 0.25) is 0 Å². The molecule has 0 fully saturated rings. The minimum absolute atomic E-state index is 0.0846. The van der Waals surface area contributed by atoms with E-state index in [2.05, 4.69) is 0 Å². The second-order valence-electron chi connectivity index (χ2n) is 3.38. The van der Waals surface area contributed by atoms with Crippen molar-refractivity contribution < 1.29 is 27.6 Å². The second kappa shape index (κ2) is 3.60. The number of rotatable bonds is 1. The van der Waals surface area contributed by atoms with Crippen molar-refractivity contribution in [1.29, 1.82) is 0 Å². The highest BCUT2D eigenvalue weighted by Crippen LogP contribution is 2.32. The quantitative estimate of drug-likeness (QED) is 0.571. The molecule has 3 nitrogen and oxygen atoms in total. The van der Waals surface area contributed by atoms with Gasteiger partial charge >= 0.3 is 13.3 Å². The molecular weight excluding hydrogens is 224 g/mol. The fraction of sp³-hybridized carbons (Fsp3) is 0.222. The summed E-state index contributed by atoms with van der Waals surface area (Å²) >= 11 is 0. The van der Waals surface area contributed by atoms with E-state index in [9.17, 15) is 23.0 Å². The molecule has 1 heterocycles. The van der Waals surface area contributed by atoms with Gasteiger partial charge in [-0.05, 0) is 5.56 Å². The third-order valence-electron chi connectivity index (χ3n) is 2.42. The summed E-state index contributed by atoms with van der Waals surface area (Å²) in [6.45, 7) is -0.0846. The molecule has 0 aromatic heterocycles. The van der Waals surface area contributed by atoms with Crippen molar-refractivity contribution in [3.05, 3.63) is 28.8 Å². The molecule has 0 unspecified atom stereocenters. The molecule has 16 heavy (non-hydrogen) atoms. The lowest BCUT2D eigenvalue weighted by Crippen LogP contribution is -2.36. The summed E-state index contributed by atoms with van der Waals surface area (Å²) in [4.78, 5) is 10.6. The summed E-state index contributed by atoms with van der Waals surface area (Å²) in [7, 11) is -1.62. The molecule has 7 heteroatoms. The third-order valence-corrected chi connectivity index (χ3v) is 2.42. The molecule has 0 spiro atoms. The number of alkyl halides is 3. The van der Waals surface area contributed by atoms with E-state index in [1.807, 2.05) is 0 Å². The Kier molecular flexibility index (Phi) is 2.51. The van der Waals surface area contributed by atoms with Crippen LogP contribution < -0.4 is 5.46 Å². The van der Waals surface area contributed by atoms with Gasteiger partial charge in [-0.15, -0.1) is 0 Å². The Labute approximate surface area is 89.0 Å². The molecule has 1 aliphatic rings. The molecule has 1 N–H and O–H groups in total. The molecule has 2 rings (SSSR count). The lowest BCUT2D eigenvalue weighted by molar-refractivity contribution is -0.137. The SMILES string of the molecule is O=Cc1ccc2c(c1C(F)(F)F)B(O)OC2. The normalized spacial score (nSPS) is 15.1. The van der Waals surface area contributed by atoms with Crippen LogP contribution >= 0.6 is 0 Å². The Hall–Kier alpha value is -1.34. The van der Waals surface area contributed by atoms with E-state index in [1.54, 1.807) is 0 Å². The maximum atomic E-state index is 12.7. The molecule has 0 atom stereocenters. The number of halogens is 3. The fourth-order valence-corrected chi connectivity index (χ4v) is 1.75. The molecule has 1 aromatic carbocycles. The van der Waals surface area contributed by atoms with Crippen LogP contribution in [0.25, 0.3) is 0 Å². The Balaban J connectivity index is 2.72. The van der Waals surface area contributed by atoms with E-state index >= 15 is 0 Å². The number of aldehydes is 1.